The quantitative estimate of drug-likeness (QED) is 0.674. The Balaban J connectivity index is 2.06. The van der Waals surface area contributed by atoms with Crippen molar-refractivity contribution in [2.24, 2.45) is 0 Å². The number of carbonyl (C=O) groups excluding carboxylic acids is 1. The monoisotopic (exact) mass is 345 g/mol. The van der Waals surface area contributed by atoms with Crippen LogP contribution >= 0.6 is 0 Å². The summed E-state index contributed by atoms with van der Waals surface area (Å²) in [4.78, 5) is 13.1. The second-order valence-electron chi connectivity index (χ2n) is 5.19. The van der Waals surface area contributed by atoms with E-state index in [-0.39, 0.29) is 18.8 Å². The van der Waals surface area contributed by atoms with Crippen molar-refractivity contribution in [3.63, 3.8) is 0 Å². The summed E-state index contributed by atoms with van der Waals surface area (Å²) in [7, 11) is 0. The summed E-state index contributed by atoms with van der Waals surface area (Å²) < 4.78 is 64.0. The van der Waals surface area contributed by atoms with Gasteiger partial charge in [-0.05, 0) is 11.6 Å². The fraction of sp³-hybridized carbons (Fsp3) is 0.333. The Morgan fingerprint density at radius 3 is 2.54 bits per heavy atom. The maximum absolute atomic E-state index is 14.0. The molecule has 1 aliphatic rings. The third-order valence-corrected chi connectivity index (χ3v) is 3.37. The first-order valence-electron chi connectivity index (χ1n) is 6.87. The van der Waals surface area contributed by atoms with Crippen molar-refractivity contribution >= 4 is 11.6 Å². The molecule has 0 aliphatic carbocycles. The number of nitrogens with one attached hydrogen (secondary N) is 1. The molecule has 1 saturated heterocycles. The second-order valence-corrected chi connectivity index (χ2v) is 5.19. The summed E-state index contributed by atoms with van der Waals surface area (Å²) >= 11 is 0. The molecule has 1 fully saturated rings. The highest BCUT2D eigenvalue weighted by Gasteiger charge is 2.28. The van der Waals surface area contributed by atoms with E-state index in [0.717, 1.165) is 11.6 Å². The van der Waals surface area contributed by atoms with Crippen LogP contribution in [-0.2, 0) is 0 Å². The Hall–Kier alpha value is -2.63. The van der Waals surface area contributed by atoms with E-state index in [1.807, 2.05) is 11.4 Å². The van der Waals surface area contributed by atoms with Gasteiger partial charge < -0.3 is 10.2 Å². The number of benzene rings is 1. The number of hydrogen-bond donors (Lipinski definition) is 1. The van der Waals surface area contributed by atoms with Crippen LogP contribution in [-0.4, -0.2) is 31.7 Å². The minimum atomic E-state index is -4.45. The fourth-order valence-electron chi connectivity index (χ4n) is 2.16. The van der Waals surface area contributed by atoms with Crippen molar-refractivity contribution in [3.8, 4) is 6.07 Å². The number of allylic oxidation sites excluding steroid dienone is 1. The number of rotatable bonds is 4. The summed E-state index contributed by atoms with van der Waals surface area (Å²) in [6.45, 7) is -0.193. The molecule has 0 atom stereocenters. The molecule has 2 rings (SSSR count). The average molecular weight is 345 g/mol. The number of nitrogens with zero attached hydrogens (tertiary/aromatic N) is 2. The van der Waals surface area contributed by atoms with Gasteiger partial charge in [0, 0.05) is 31.8 Å². The van der Waals surface area contributed by atoms with Crippen LogP contribution in [0.4, 0.5) is 27.6 Å². The maximum atomic E-state index is 14.0. The molecular formula is C15H12F5N3O. The van der Waals surface area contributed by atoms with Gasteiger partial charge >= 0.3 is 6.18 Å². The van der Waals surface area contributed by atoms with Crippen molar-refractivity contribution in [1.29, 1.82) is 5.26 Å². The largest absolute Gasteiger partial charge is 0.390 e. The van der Waals surface area contributed by atoms with E-state index in [2.05, 4.69) is 0 Å². The van der Waals surface area contributed by atoms with Crippen LogP contribution in [0.3, 0.4) is 0 Å². The van der Waals surface area contributed by atoms with Crippen molar-refractivity contribution in [2.75, 3.05) is 24.5 Å². The summed E-state index contributed by atoms with van der Waals surface area (Å²) in [6.07, 6.45) is -4.40. The van der Waals surface area contributed by atoms with E-state index in [0.29, 0.717) is 6.07 Å². The highest BCUT2D eigenvalue weighted by molar-refractivity contribution is 5.95. The number of carbonyl (C=O) groups is 1. The number of hydrogen-bond acceptors (Lipinski definition) is 3. The molecule has 0 saturated carbocycles. The molecule has 0 unspecified atom stereocenters. The van der Waals surface area contributed by atoms with Gasteiger partial charge in [0.25, 0.3) is 5.91 Å². The molecule has 0 aromatic heterocycles. The number of alkyl halides is 3. The summed E-state index contributed by atoms with van der Waals surface area (Å²) in [5.41, 5.74) is 0.0208. The third-order valence-electron chi connectivity index (χ3n) is 3.37. The third kappa shape index (κ3) is 4.22. The average Bonchev–Trinajstić information content (AvgIpc) is 2.43. The van der Waals surface area contributed by atoms with E-state index < -0.39 is 42.2 Å². The molecule has 9 heteroatoms. The Bertz CT molecular complexity index is 713. The van der Waals surface area contributed by atoms with Crippen LogP contribution in [0.15, 0.2) is 23.8 Å². The molecule has 0 bridgehead atoms. The SMILES string of the molecule is N#CC=C1CN(c2cc(F)c(C(=O)NCCC(F)(F)F)cc2F)C1. The Labute approximate surface area is 134 Å². The van der Waals surface area contributed by atoms with Crippen molar-refractivity contribution in [3.05, 3.63) is 41.0 Å². The van der Waals surface area contributed by atoms with Crippen molar-refractivity contribution < 1.29 is 26.7 Å². The topological polar surface area (TPSA) is 56.1 Å². The van der Waals surface area contributed by atoms with Crippen LogP contribution in [0.1, 0.15) is 16.8 Å². The summed E-state index contributed by atoms with van der Waals surface area (Å²) in [5, 5.41) is 10.4. The van der Waals surface area contributed by atoms with Crippen molar-refractivity contribution in [1.82, 2.24) is 5.32 Å². The van der Waals surface area contributed by atoms with E-state index in [1.165, 1.54) is 11.0 Å². The van der Waals surface area contributed by atoms with Crippen LogP contribution < -0.4 is 10.2 Å². The van der Waals surface area contributed by atoms with E-state index in [4.69, 9.17) is 5.26 Å². The first kappa shape index (κ1) is 17.7. The molecule has 24 heavy (non-hydrogen) atoms. The van der Waals surface area contributed by atoms with Crippen LogP contribution in [0.5, 0.6) is 0 Å². The Morgan fingerprint density at radius 1 is 1.29 bits per heavy atom. The first-order valence-corrected chi connectivity index (χ1v) is 6.87. The second kappa shape index (κ2) is 6.86. The Morgan fingerprint density at radius 2 is 1.96 bits per heavy atom. The lowest BCUT2D eigenvalue weighted by molar-refractivity contribution is -0.132. The summed E-state index contributed by atoms with van der Waals surface area (Å²) in [6, 6.07) is 3.30. The predicted molar refractivity (Wildman–Crippen MR) is 75.3 cm³/mol. The molecule has 0 radical (unpaired) electrons. The van der Waals surface area contributed by atoms with Gasteiger partial charge in [-0.3, -0.25) is 4.79 Å². The molecule has 0 spiro atoms. The van der Waals surface area contributed by atoms with Crippen LogP contribution in [0.25, 0.3) is 0 Å². The molecule has 1 aliphatic heterocycles. The van der Waals surface area contributed by atoms with Gasteiger partial charge in [0.2, 0.25) is 0 Å². The van der Waals surface area contributed by atoms with Crippen LogP contribution in [0, 0.1) is 23.0 Å². The lowest BCUT2D eigenvalue weighted by atomic mass is 10.0. The normalized spacial score (nSPS) is 14.0. The minimum Gasteiger partial charge on any atom is -0.361 e. The highest BCUT2D eigenvalue weighted by Crippen LogP contribution is 2.29. The smallest absolute Gasteiger partial charge is 0.361 e. The zero-order valence-electron chi connectivity index (χ0n) is 12.3. The molecule has 1 aromatic rings. The summed E-state index contributed by atoms with van der Waals surface area (Å²) in [5.74, 6) is -3.02. The zero-order valence-corrected chi connectivity index (χ0v) is 12.3. The fourth-order valence-corrected chi connectivity index (χ4v) is 2.16. The lowest BCUT2D eigenvalue weighted by Gasteiger charge is -2.35. The molecular weight excluding hydrogens is 333 g/mol. The highest BCUT2D eigenvalue weighted by atomic mass is 19.4. The minimum absolute atomic E-state index is 0.0746. The zero-order chi connectivity index (χ0) is 17.9. The van der Waals surface area contributed by atoms with Gasteiger partial charge in [-0.15, -0.1) is 0 Å². The van der Waals surface area contributed by atoms with Gasteiger partial charge in [-0.25, -0.2) is 8.78 Å². The number of anilines is 1. The van der Waals surface area contributed by atoms with Crippen LogP contribution in [0.2, 0.25) is 0 Å². The van der Waals surface area contributed by atoms with Gasteiger partial charge in [0.15, 0.2) is 0 Å². The molecule has 1 heterocycles. The molecule has 4 nitrogen and oxygen atoms in total. The Kier molecular flexibility index (Phi) is 5.07. The van der Waals surface area contributed by atoms with Gasteiger partial charge in [-0.1, -0.05) is 0 Å². The lowest BCUT2D eigenvalue weighted by Crippen LogP contribution is -2.40. The van der Waals surface area contributed by atoms with Gasteiger partial charge in [0.05, 0.1) is 23.7 Å². The molecule has 1 aromatic carbocycles. The molecule has 1 N–H and O–H groups in total. The maximum Gasteiger partial charge on any atom is 0.390 e. The predicted octanol–water partition coefficient (Wildman–Crippen LogP) is 2.92. The van der Waals surface area contributed by atoms with E-state index in [1.54, 1.807) is 0 Å². The van der Waals surface area contributed by atoms with Gasteiger partial charge in [-0.2, -0.15) is 18.4 Å². The number of nitriles is 1. The molecule has 1 amide bonds. The number of amides is 1. The van der Waals surface area contributed by atoms with Gasteiger partial charge in [0.1, 0.15) is 11.6 Å². The van der Waals surface area contributed by atoms with E-state index >= 15 is 0 Å². The molecule has 128 valence electrons. The van der Waals surface area contributed by atoms with Crippen molar-refractivity contribution in [2.45, 2.75) is 12.6 Å². The van der Waals surface area contributed by atoms with E-state index in [9.17, 15) is 26.7 Å². The number of halogens is 5. The first-order chi connectivity index (χ1) is 11.2. The standard InChI is InChI=1S/C15H12F5N3O/c16-11-6-13(23-7-9(8-23)1-3-21)12(17)5-10(11)14(24)22-4-2-15(18,19)20/h1,5-6H,2,4,7-8H2,(H,22,24).